The Kier molecular flexibility index (Phi) is 15.1. The molecule has 2 N–H and O–H groups in total. The van der Waals surface area contributed by atoms with E-state index >= 15 is 0 Å². The molecule has 0 bridgehead atoms. The molecule has 8 nitrogen and oxygen atoms in total. The molecule has 3 rings (SSSR count). The van der Waals surface area contributed by atoms with Gasteiger partial charge in [0.2, 0.25) is 0 Å². The van der Waals surface area contributed by atoms with E-state index in [1.54, 1.807) is 12.4 Å². The number of aromatic hydroxyl groups is 2. The summed E-state index contributed by atoms with van der Waals surface area (Å²) in [7, 11) is 0. The van der Waals surface area contributed by atoms with E-state index in [1.807, 2.05) is 62.4 Å². The van der Waals surface area contributed by atoms with Crippen molar-refractivity contribution in [1.29, 1.82) is 0 Å². The molecule has 0 heterocycles. The van der Waals surface area contributed by atoms with Crippen LogP contribution in [0.1, 0.15) is 88.8 Å². The number of hydrogen-bond acceptors (Lipinski definition) is 8. The first-order valence-corrected chi connectivity index (χ1v) is 13.4. The second kappa shape index (κ2) is 16.6. The van der Waals surface area contributed by atoms with Crippen molar-refractivity contribution in [3.8, 4) is 11.5 Å². The largest absolute Gasteiger partial charge is 2.00 e. The Morgan fingerprint density at radius 3 is 1.21 bits per heavy atom. The quantitative estimate of drug-likeness (QED) is 0.372. The van der Waals surface area contributed by atoms with Gasteiger partial charge in [-0.15, -0.1) is 0 Å². The Balaban J connectivity index is 0.00000174. The summed E-state index contributed by atoms with van der Waals surface area (Å²) in [5.41, 5.74) is 6.28. The number of phenols is 2. The predicted molar refractivity (Wildman–Crippen MR) is 165 cm³/mol. The van der Waals surface area contributed by atoms with Crippen molar-refractivity contribution < 1.29 is 46.8 Å². The second-order valence-electron chi connectivity index (χ2n) is 12.0. The molecule has 1 radical (unpaired) electrons. The average Bonchev–Trinajstić information content (AvgIpc) is 2.83. The van der Waals surface area contributed by atoms with E-state index in [0.29, 0.717) is 22.5 Å². The van der Waals surface area contributed by atoms with E-state index < -0.39 is 11.9 Å². The normalized spacial score (nSPS) is 11.2. The third kappa shape index (κ3) is 13.3. The Labute approximate surface area is 265 Å². The van der Waals surface area contributed by atoms with E-state index in [2.05, 4.69) is 51.5 Å². The maximum absolute atomic E-state index is 10.8. The van der Waals surface area contributed by atoms with Gasteiger partial charge in [-0.25, -0.2) is 0 Å². The molecule has 0 spiro atoms. The topological polar surface area (TPSA) is 145 Å². The summed E-state index contributed by atoms with van der Waals surface area (Å²) in [5.74, 6) is -1.66. The number of rotatable bonds is 4. The van der Waals surface area contributed by atoms with E-state index in [1.165, 1.54) is 0 Å². The van der Waals surface area contributed by atoms with Crippen molar-refractivity contribution in [3.05, 3.63) is 81.9 Å². The first kappa shape index (κ1) is 39.0. The molecule has 3 aromatic rings. The van der Waals surface area contributed by atoms with E-state index in [-0.39, 0.29) is 39.1 Å². The van der Waals surface area contributed by atoms with Crippen LogP contribution in [-0.4, -0.2) is 34.6 Å². The number of carbonyl (C=O) groups is 2. The number of hydrogen-bond donors (Lipinski definition) is 2. The van der Waals surface area contributed by atoms with Gasteiger partial charge in [-0.3, -0.25) is 9.98 Å². The molecule has 233 valence electrons. The molecular weight excluding hydrogens is 591 g/mol. The van der Waals surface area contributed by atoms with Gasteiger partial charge in [-0.05, 0) is 73.9 Å². The van der Waals surface area contributed by atoms with Crippen molar-refractivity contribution in [3.63, 3.8) is 0 Å². The maximum Gasteiger partial charge on any atom is 2.00 e. The van der Waals surface area contributed by atoms with E-state index in [0.717, 1.165) is 36.1 Å². The fourth-order valence-corrected chi connectivity index (χ4v) is 3.91. The molecular formula is C34H42CoN2O6. The first-order chi connectivity index (χ1) is 19.2. The van der Waals surface area contributed by atoms with Gasteiger partial charge in [0, 0.05) is 46.6 Å². The van der Waals surface area contributed by atoms with Crippen LogP contribution in [0.5, 0.6) is 11.5 Å². The number of carbonyl (C=O) groups excluding carboxylic acids is 2. The monoisotopic (exact) mass is 633 g/mol. The molecule has 43 heavy (non-hydrogen) atoms. The maximum atomic E-state index is 10.8. The number of aliphatic carboxylic acids is 2. The fourth-order valence-electron chi connectivity index (χ4n) is 3.91. The number of benzene rings is 3. The van der Waals surface area contributed by atoms with Crippen LogP contribution in [0.4, 0.5) is 11.4 Å². The summed E-state index contributed by atoms with van der Waals surface area (Å²) in [6, 6.07) is 15.5. The van der Waals surface area contributed by atoms with Gasteiger partial charge >= 0.3 is 16.8 Å². The van der Waals surface area contributed by atoms with Gasteiger partial charge in [-0.1, -0.05) is 65.8 Å². The Bertz CT molecular complexity index is 1350. The number of carboxylic acids is 2. The van der Waals surface area contributed by atoms with Gasteiger partial charge in [0.05, 0.1) is 11.4 Å². The molecule has 0 saturated carbocycles. The minimum absolute atomic E-state index is 0. The summed E-state index contributed by atoms with van der Waals surface area (Å²) >= 11 is 0. The van der Waals surface area contributed by atoms with Crippen LogP contribution in [0.2, 0.25) is 0 Å². The van der Waals surface area contributed by atoms with Crippen LogP contribution in [0.15, 0.2) is 58.5 Å². The summed E-state index contributed by atoms with van der Waals surface area (Å²) in [5, 5.41) is 39.5. The summed E-state index contributed by atoms with van der Waals surface area (Å²) in [6.45, 7) is 18.5. The standard InChI is InChI=1S/C30H36N2O2.2C2H4O2.Co/c1-19-13-21(27(33)23(15-19)29(3,4)5)17-31-25-11-9-10-12-26(25)32-18-22-14-20(2)16-24(28(22)34)30(6,7)8;2*1-2(3)4;/h9-18,33-34H,1-8H3;2*1H3,(H,3,4);/q;;;+2/p-2. The fraction of sp³-hybridized carbons (Fsp3) is 0.353. The molecule has 0 fully saturated rings. The molecule has 0 atom stereocenters. The molecule has 0 aromatic heterocycles. The summed E-state index contributed by atoms with van der Waals surface area (Å²) in [6.07, 6.45) is 3.38. The number of carboxylic acid groups (broad SMARTS) is 2. The van der Waals surface area contributed by atoms with Crippen molar-refractivity contribution >= 4 is 35.7 Å². The van der Waals surface area contributed by atoms with Crippen LogP contribution in [-0.2, 0) is 37.2 Å². The van der Waals surface area contributed by atoms with Gasteiger partial charge in [0.1, 0.15) is 11.5 Å². The second-order valence-corrected chi connectivity index (χ2v) is 12.0. The summed E-state index contributed by atoms with van der Waals surface area (Å²) in [4.78, 5) is 27.1. The van der Waals surface area contributed by atoms with Gasteiger partial charge < -0.3 is 30.0 Å². The summed E-state index contributed by atoms with van der Waals surface area (Å²) < 4.78 is 0. The van der Waals surface area contributed by atoms with Crippen molar-refractivity contribution in [2.24, 2.45) is 9.98 Å². The van der Waals surface area contributed by atoms with Crippen LogP contribution < -0.4 is 10.2 Å². The zero-order valence-electron chi connectivity index (χ0n) is 26.5. The third-order valence-corrected chi connectivity index (χ3v) is 5.75. The molecule has 0 aliphatic rings. The molecule has 9 heteroatoms. The number of phenolic OH excluding ortho intramolecular Hbond substituents is 2. The van der Waals surface area contributed by atoms with Crippen molar-refractivity contribution in [2.45, 2.75) is 80.1 Å². The van der Waals surface area contributed by atoms with Crippen LogP contribution in [0, 0.1) is 13.8 Å². The van der Waals surface area contributed by atoms with Crippen molar-refractivity contribution in [1.82, 2.24) is 0 Å². The average molecular weight is 634 g/mol. The molecule has 0 unspecified atom stereocenters. The number of nitrogens with zero attached hydrogens (tertiary/aromatic N) is 2. The Hall–Kier alpha value is -3.95. The number of aliphatic imine (C=N–C) groups is 2. The molecule has 0 amide bonds. The van der Waals surface area contributed by atoms with Gasteiger partial charge in [0.25, 0.3) is 0 Å². The van der Waals surface area contributed by atoms with Crippen LogP contribution in [0.3, 0.4) is 0 Å². The molecule has 0 saturated heterocycles. The predicted octanol–water partition coefficient (Wildman–Crippen LogP) is 5.32. The van der Waals surface area contributed by atoms with Gasteiger partial charge in [-0.2, -0.15) is 0 Å². The zero-order chi connectivity index (χ0) is 32.4. The number of para-hydroxylation sites is 2. The smallest absolute Gasteiger partial charge is 0.550 e. The zero-order valence-corrected chi connectivity index (χ0v) is 27.6. The van der Waals surface area contributed by atoms with Crippen LogP contribution in [0.25, 0.3) is 0 Å². The number of aryl methyl sites for hydroxylation is 2. The SMILES string of the molecule is CC(=O)[O-].CC(=O)[O-].Cc1cc(C=Nc2ccccc2N=Cc2cc(C)cc(C(C)(C)C)c2O)c(O)c(C(C)(C)C)c1.[Co+2]. The Morgan fingerprint density at radius 2 is 0.953 bits per heavy atom. The molecule has 0 aliphatic heterocycles. The minimum atomic E-state index is -1.08. The van der Waals surface area contributed by atoms with Crippen molar-refractivity contribution in [2.75, 3.05) is 0 Å². The van der Waals surface area contributed by atoms with Crippen LogP contribution >= 0.6 is 0 Å². The minimum Gasteiger partial charge on any atom is -0.550 e. The van der Waals surface area contributed by atoms with Gasteiger partial charge in [0.15, 0.2) is 0 Å². The molecule has 0 aliphatic carbocycles. The Morgan fingerprint density at radius 1 is 0.674 bits per heavy atom. The first-order valence-electron chi connectivity index (χ1n) is 13.4. The third-order valence-electron chi connectivity index (χ3n) is 5.75. The van der Waals surface area contributed by atoms with E-state index in [9.17, 15) is 10.2 Å². The van der Waals surface area contributed by atoms with E-state index in [4.69, 9.17) is 19.8 Å². The molecule has 3 aromatic carbocycles.